The fraction of sp³-hybridized carbons (Fsp3) is 0.778. The second-order valence-corrected chi connectivity index (χ2v) is 8.89. The van der Waals surface area contributed by atoms with Crippen molar-refractivity contribution >= 4 is 19.9 Å². The van der Waals surface area contributed by atoms with Gasteiger partial charge in [-0.05, 0) is 11.6 Å². The summed E-state index contributed by atoms with van der Waals surface area (Å²) in [6.45, 7) is 13.2. The maximum atomic E-state index is 5.78. The van der Waals surface area contributed by atoms with Crippen molar-refractivity contribution in [3.63, 3.8) is 0 Å². The van der Waals surface area contributed by atoms with Gasteiger partial charge in [0.25, 0.3) is 0 Å². The maximum Gasteiger partial charge on any atom is 0.218 e. The van der Waals surface area contributed by atoms with E-state index in [1.54, 1.807) is 0 Å². The molecule has 0 aromatic heterocycles. The molecule has 0 rings (SSSR count). The standard InChI is InChI=1S/C9H19ClOSi/c1-6-12(5,9(2,3)4)11-8-7-10/h6H,1,7-8H2,2-5H3. The Morgan fingerprint density at radius 1 is 1.50 bits per heavy atom. The molecule has 0 amide bonds. The van der Waals surface area contributed by atoms with Crippen LogP contribution in [0.1, 0.15) is 20.8 Å². The summed E-state index contributed by atoms with van der Waals surface area (Å²) >= 11 is 5.58. The lowest BCUT2D eigenvalue weighted by Crippen LogP contribution is -2.42. The van der Waals surface area contributed by atoms with E-state index in [1.165, 1.54) is 0 Å². The first kappa shape index (κ1) is 12.2. The van der Waals surface area contributed by atoms with E-state index < -0.39 is 8.32 Å². The average molecular weight is 207 g/mol. The second kappa shape index (κ2) is 4.45. The largest absolute Gasteiger partial charge is 0.412 e. The van der Waals surface area contributed by atoms with Crippen molar-refractivity contribution in [3.05, 3.63) is 12.3 Å². The molecule has 0 heterocycles. The summed E-state index contributed by atoms with van der Waals surface area (Å²) < 4.78 is 5.78. The van der Waals surface area contributed by atoms with Crippen molar-refractivity contribution < 1.29 is 4.43 Å². The molecule has 72 valence electrons. The van der Waals surface area contributed by atoms with Crippen molar-refractivity contribution in [2.24, 2.45) is 0 Å². The van der Waals surface area contributed by atoms with Gasteiger partial charge in [-0.25, -0.2) is 0 Å². The first-order valence-corrected chi connectivity index (χ1v) is 7.23. The van der Waals surface area contributed by atoms with Crippen LogP contribution in [0, 0.1) is 0 Å². The van der Waals surface area contributed by atoms with Gasteiger partial charge in [-0.1, -0.05) is 26.5 Å². The van der Waals surface area contributed by atoms with Gasteiger partial charge in [-0.3, -0.25) is 0 Å². The Morgan fingerprint density at radius 3 is 2.25 bits per heavy atom. The van der Waals surface area contributed by atoms with Crippen LogP contribution in [-0.2, 0) is 4.43 Å². The van der Waals surface area contributed by atoms with E-state index in [-0.39, 0.29) is 5.04 Å². The Morgan fingerprint density at radius 2 is 2.00 bits per heavy atom. The van der Waals surface area contributed by atoms with Crippen molar-refractivity contribution in [1.29, 1.82) is 0 Å². The first-order valence-electron chi connectivity index (χ1n) is 4.21. The Labute approximate surface area is 81.9 Å². The Bertz CT molecular complexity index is 153. The van der Waals surface area contributed by atoms with Gasteiger partial charge in [0.1, 0.15) is 0 Å². The predicted octanol–water partition coefficient (Wildman–Crippen LogP) is 3.34. The molecular weight excluding hydrogens is 188 g/mol. The monoisotopic (exact) mass is 206 g/mol. The molecule has 0 aliphatic heterocycles. The molecule has 0 N–H and O–H groups in total. The molecule has 0 aromatic carbocycles. The molecule has 0 radical (unpaired) electrons. The lowest BCUT2D eigenvalue weighted by atomic mass is 10.2. The third kappa shape index (κ3) is 2.92. The lowest BCUT2D eigenvalue weighted by Gasteiger charge is -2.36. The highest BCUT2D eigenvalue weighted by molar-refractivity contribution is 6.80. The third-order valence-corrected chi connectivity index (χ3v) is 7.07. The molecule has 0 fully saturated rings. The molecule has 0 aromatic rings. The normalized spacial score (nSPS) is 17.1. The van der Waals surface area contributed by atoms with E-state index >= 15 is 0 Å². The second-order valence-electron chi connectivity index (χ2n) is 4.10. The molecule has 0 aliphatic carbocycles. The molecule has 1 nitrogen and oxygen atoms in total. The van der Waals surface area contributed by atoms with Gasteiger partial charge >= 0.3 is 0 Å². The SMILES string of the molecule is C=C[Si](C)(OCCCl)C(C)(C)C. The highest BCUT2D eigenvalue weighted by Gasteiger charge is 2.38. The lowest BCUT2D eigenvalue weighted by molar-refractivity contribution is 0.314. The van der Waals surface area contributed by atoms with Gasteiger partial charge in [0.2, 0.25) is 8.32 Å². The number of rotatable bonds is 4. The first-order chi connectivity index (χ1) is 5.37. The number of hydrogen-bond donors (Lipinski definition) is 0. The molecular formula is C9H19ClOSi. The average Bonchev–Trinajstić information content (AvgIpc) is 1.98. The molecule has 0 saturated carbocycles. The van der Waals surface area contributed by atoms with E-state index in [1.807, 2.05) is 5.70 Å². The molecule has 0 aliphatic rings. The summed E-state index contributed by atoms with van der Waals surface area (Å²) in [5.41, 5.74) is 1.99. The predicted molar refractivity (Wildman–Crippen MR) is 58.2 cm³/mol. The van der Waals surface area contributed by atoms with Gasteiger partial charge in [0.05, 0.1) is 0 Å². The minimum atomic E-state index is -1.77. The van der Waals surface area contributed by atoms with Crippen LogP contribution in [0.4, 0.5) is 0 Å². The van der Waals surface area contributed by atoms with Gasteiger partial charge in [0.15, 0.2) is 0 Å². The Balaban J connectivity index is 4.35. The Kier molecular flexibility index (Phi) is 4.52. The van der Waals surface area contributed by atoms with Crippen LogP contribution < -0.4 is 0 Å². The topological polar surface area (TPSA) is 9.23 Å². The summed E-state index contributed by atoms with van der Waals surface area (Å²) in [4.78, 5) is 0. The molecule has 0 bridgehead atoms. The molecule has 0 saturated heterocycles. The molecule has 1 unspecified atom stereocenters. The van der Waals surface area contributed by atoms with Crippen molar-refractivity contribution in [2.45, 2.75) is 32.4 Å². The minimum absolute atomic E-state index is 0.195. The molecule has 0 spiro atoms. The fourth-order valence-corrected chi connectivity index (χ4v) is 2.73. The third-order valence-electron chi connectivity index (χ3n) is 2.36. The zero-order valence-corrected chi connectivity index (χ0v) is 10.2. The Hall–Kier alpha value is 0.207. The highest BCUT2D eigenvalue weighted by Crippen LogP contribution is 2.37. The molecule has 3 heteroatoms. The van der Waals surface area contributed by atoms with E-state index in [9.17, 15) is 0 Å². The molecule has 12 heavy (non-hydrogen) atoms. The summed E-state index contributed by atoms with van der Waals surface area (Å²) in [6, 6.07) is 0. The zero-order chi connectivity index (χ0) is 9.83. The summed E-state index contributed by atoms with van der Waals surface area (Å²) in [5.74, 6) is 0.562. The van der Waals surface area contributed by atoms with Gasteiger partial charge in [-0.2, -0.15) is 0 Å². The maximum absolute atomic E-state index is 5.78. The van der Waals surface area contributed by atoms with Crippen molar-refractivity contribution in [3.8, 4) is 0 Å². The summed E-state index contributed by atoms with van der Waals surface area (Å²) in [5, 5.41) is 0.195. The van der Waals surface area contributed by atoms with E-state index in [0.29, 0.717) is 12.5 Å². The number of halogens is 1. The van der Waals surface area contributed by atoms with Crippen LogP contribution >= 0.6 is 11.6 Å². The van der Waals surface area contributed by atoms with Crippen LogP contribution in [0.25, 0.3) is 0 Å². The van der Waals surface area contributed by atoms with Crippen LogP contribution in [0.15, 0.2) is 12.3 Å². The summed E-state index contributed by atoms with van der Waals surface area (Å²) in [6.07, 6.45) is 0. The van der Waals surface area contributed by atoms with Crippen LogP contribution in [0.2, 0.25) is 11.6 Å². The van der Waals surface area contributed by atoms with E-state index in [4.69, 9.17) is 16.0 Å². The zero-order valence-electron chi connectivity index (χ0n) is 8.48. The minimum Gasteiger partial charge on any atom is -0.412 e. The van der Waals surface area contributed by atoms with Gasteiger partial charge in [0, 0.05) is 12.5 Å². The van der Waals surface area contributed by atoms with Crippen LogP contribution in [0.3, 0.4) is 0 Å². The molecule has 1 atom stereocenters. The quantitative estimate of drug-likeness (QED) is 0.507. The highest BCUT2D eigenvalue weighted by atomic mass is 35.5. The fourth-order valence-electron chi connectivity index (χ4n) is 0.832. The smallest absolute Gasteiger partial charge is 0.218 e. The van der Waals surface area contributed by atoms with E-state index in [2.05, 4.69) is 33.9 Å². The van der Waals surface area contributed by atoms with Gasteiger partial charge in [-0.15, -0.1) is 18.2 Å². The van der Waals surface area contributed by atoms with Gasteiger partial charge < -0.3 is 4.43 Å². The van der Waals surface area contributed by atoms with Crippen LogP contribution in [0.5, 0.6) is 0 Å². The van der Waals surface area contributed by atoms with Crippen LogP contribution in [-0.4, -0.2) is 20.8 Å². The van der Waals surface area contributed by atoms with Crippen molar-refractivity contribution in [2.75, 3.05) is 12.5 Å². The number of hydrogen-bond acceptors (Lipinski definition) is 1. The van der Waals surface area contributed by atoms with E-state index in [0.717, 1.165) is 0 Å². The van der Waals surface area contributed by atoms with Crippen molar-refractivity contribution in [1.82, 2.24) is 0 Å². The number of alkyl halides is 1. The summed E-state index contributed by atoms with van der Waals surface area (Å²) in [7, 11) is -1.77.